The van der Waals surface area contributed by atoms with Crippen molar-refractivity contribution >= 4 is 33.6 Å². The topological polar surface area (TPSA) is 74.5 Å². The van der Waals surface area contributed by atoms with Crippen LogP contribution in [-0.2, 0) is 4.74 Å². The van der Waals surface area contributed by atoms with Gasteiger partial charge in [-0.3, -0.25) is 5.21 Å². The molecule has 0 saturated carbocycles. The fraction of sp³-hybridized carbons (Fsp3) is 0.286. The molecule has 6 nitrogen and oxygen atoms in total. The first kappa shape index (κ1) is 18.9. The molecule has 27 heavy (non-hydrogen) atoms. The lowest BCUT2D eigenvalue weighted by Gasteiger charge is -2.22. The van der Waals surface area contributed by atoms with Crippen LogP contribution in [0.5, 0.6) is 5.75 Å². The van der Waals surface area contributed by atoms with Gasteiger partial charge in [-0.1, -0.05) is 60.6 Å². The highest BCUT2D eigenvalue weighted by Gasteiger charge is 2.18. The third-order valence-corrected chi connectivity index (χ3v) is 4.52. The molecule has 3 rings (SSSR count). The zero-order chi connectivity index (χ0) is 19.2. The lowest BCUT2D eigenvalue weighted by Crippen LogP contribution is -2.21. The fourth-order valence-electron chi connectivity index (χ4n) is 3.27. The molecule has 3 aromatic carbocycles. The van der Waals surface area contributed by atoms with Crippen molar-refractivity contribution in [2.75, 3.05) is 18.3 Å². The molecular formula is C21H24N2O4. The molecule has 0 heterocycles. The van der Waals surface area contributed by atoms with Crippen LogP contribution in [0.2, 0.25) is 0 Å². The van der Waals surface area contributed by atoms with Crippen LogP contribution in [0.15, 0.2) is 53.7 Å². The Bertz CT molecular complexity index is 885. The SMILES string of the molecule is CCOC(CC)COc1c2ccccc2c(N(O)C=NO)c2ccccc12. The van der Waals surface area contributed by atoms with Gasteiger partial charge in [0.15, 0.2) is 6.34 Å². The summed E-state index contributed by atoms with van der Waals surface area (Å²) in [6.45, 7) is 5.13. The van der Waals surface area contributed by atoms with Gasteiger partial charge >= 0.3 is 0 Å². The van der Waals surface area contributed by atoms with E-state index in [4.69, 9.17) is 14.7 Å². The van der Waals surface area contributed by atoms with Crippen LogP contribution in [0, 0.1) is 0 Å². The molecule has 142 valence electrons. The van der Waals surface area contributed by atoms with Crippen LogP contribution >= 0.6 is 0 Å². The molecule has 0 bridgehead atoms. The maximum Gasteiger partial charge on any atom is 0.160 e. The van der Waals surface area contributed by atoms with E-state index in [1.165, 1.54) is 0 Å². The highest BCUT2D eigenvalue weighted by atomic mass is 16.5. The number of nitrogens with zero attached hydrogens (tertiary/aromatic N) is 2. The second-order valence-electron chi connectivity index (χ2n) is 6.14. The number of ether oxygens (including phenoxy) is 2. The molecule has 0 aliphatic rings. The van der Waals surface area contributed by atoms with E-state index in [2.05, 4.69) is 12.1 Å². The second-order valence-corrected chi connectivity index (χ2v) is 6.14. The van der Waals surface area contributed by atoms with Crippen LogP contribution in [-0.4, -0.2) is 36.1 Å². The Kier molecular flexibility index (Phi) is 6.11. The summed E-state index contributed by atoms with van der Waals surface area (Å²) in [6, 6.07) is 15.3. The number of hydroxylamine groups is 1. The number of fused-ring (bicyclic) bond motifs is 2. The number of hydrogen-bond acceptors (Lipinski definition) is 5. The van der Waals surface area contributed by atoms with Gasteiger partial charge in [-0.2, -0.15) is 0 Å². The minimum absolute atomic E-state index is 0.0167. The normalized spacial score (nSPS) is 12.7. The van der Waals surface area contributed by atoms with Gasteiger partial charge in [0.1, 0.15) is 12.4 Å². The van der Waals surface area contributed by atoms with E-state index in [9.17, 15) is 5.21 Å². The standard InChI is InChI=1S/C21H24N2O4/c1-3-15(26-4-2)13-27-21-18-11-7-5-9-16(18)20(23(25)14-22-24)17-10-6-8-12-19(17)21/h5-12,14-15,24-25H,3-4,13H2,1-2H3. The summed E-state index contributed by atoms with van der Waals surface area (Å²) in [6.07, 6.45) is 1.83. The highest BCUT2D eigenvalue weighted by molar-refractivity contribution is 6.17. The molecule has 1 unspecified atom stereocenters. The van der Waals surface area contributed by atoms with Gasteiger partial charge in [0.25, 0.3) is 0 Å². The lowest BCUT2D eigenvalue weighted by atomic mass is 9.99. The zero-order valence-corrected chi connectivity index (χ0v) is 15.5. The third kappa shape index (κ3) is 3.82. The molecule has 1 atom stereocenters. The van der Waals surface area contributed by atoms with Crippen LogP contribution in [0.4, 0.5) is 5.69 Å². The predicted octanol–water partition coefficient (Wildman–Crippen LogP) is 4.80. The number of benzene rings is 3. The molecule has 0 fully saturated rings. The van der Waals surface area contributed by atoms with Crippen molar-refractivity contribution in [3.63, 3.8) is 0 Å². The summed E-state index contributed by atoms with van der Waals surface area (Å²) < 4.78 is 11.9. The number of hydrogen-bond donors (Lipinski definition) is 2. The minimum Gasteiger partial charge on any atom is -0.490 e. The summed E-state index contributed by atoms with van der Waals surface area (Å²) in [5.74, 6) is 0.748. The van der Waals surface area contributed by atoms with E-state index in [0.717, 1.165) is 45.1 Å². The van der Waals surface area contributed by atoms with Gasteiger partial charge in [-0.05, 0) is 13.3 Å². The molecule has 0 aliphatic carbocycles. The first-order valence-electron chi connectivity index (χ1n) is 9.04. The van der Waals surface area contributed by atoms with Crippen molar-refractivity contribution in [3.05, 3.63) is 48.5 Å². The van der Waals surface area contributed by atoms with E-state index in [-0.39, 0.29) is 6.10 Å². The van der Waals surface area contributed by atoms with Crippen LogP contribution in [0.25, 0.3) is 21.5 Å². The molecule has 6 heteroatoms. The summed E-state index contributed by atoms with van der Waals surface area (Å²) >= 11 is 0. The van der Waals surface area contributed by atoms with Gasteiger partial charge in [-0.15, -0.1) is 0 Å². The minimum atomic E-state index is 0.0167. The number of rotatable bonds is 8. The van der Waals surface area contributed by atoms with Crippen molar-refractivity contribution in [2.24, 2.45) is 5.16 Å². The highest BCUT2D eigenvalue weighted by Crippen LogP contribution is 2.42. The Labute approximate surface area is 158 Å². The molecule has 0 spiro atoms. The summed E-state index contributed by atoms with van der Waals surface area (Å²) in [5, 5.41) is 26.3. The Morgan fingerprint density at radius 2 is 1.56 bits per heavy atom. The van der Waals surface area contributed by atoms with Gasteiger partial charge in [0.05, 0.1) is 11.8 Å². The van der Waals surface area contributed by atoms with Gasteiger partial charge in [-0.25, -0.2) is 5.06 Å². The first-order valence-corrected chi connectivity index (χ1v) is 9.04. The quantitative estimate of drug-likeness (QED) is 0.196. The molecule has 3 aromatic rings. The van der Waals surface area contributed by atoms with E-state index in [0.29, 0.717) is 18.9 Å². The molecule has 0 amide bonds. The van der Waals surface area contributed by atoms with Crippen molar-refractivity contribution in [1.29, 1.82) is 0 Å². The zero-order valence-electron chi connectivity index (χ0n) is 15.5. The summed E-state index contributed by atoms with van der Waals surface area (Å²) in [7, 11) is 0. The summed E-state index contributed by atoms with van der Waals surface area (Å²) in [5.41, 5.74) is 0.531. The monoisotopic (exact) mass is 368 g/mol. The average Bonchev–Trinajstić information content (AvgIpc) is 2.70. The smallest absolute Gasteiger partial charge is 0.160 e. The largest absolute Gasteiger partial charge is 0.490 e. The Morgan fingerprint density at radius 1 is 1.00 bits per heavy atom. The van der Waals surface area contributed by atoms with E-state index >= 15 is 0 Å². The number of oxime groups is 1. The maximum atomic E-state index is 10.4. The fourth-order valence-corrected chi connectivity index (χ4v) is 3.27. The number of anilines is 1. The van der Waals surface area contributed by atoms with Gasteiger partial charge in [0.2, 0.25) is 0 Å². The third-order valence-electron chi connectivity index (χ3n) is 4.52. The Balaban J connectivity index is 2.20. The van der Waals surface area contributed by atoms with Gasteiger partial charge in [0, 0.05) is 28.2 Å². The summed E-state index contributed by atoms with van der Waals surface area (Å²) in [4.78, 5) is 0. The van der Waals surface area contributed by atoms with E-state index in [1.807, 2.05) is 55.5 Å². The molecule has 0 saturated heterocycles. The predicted molar refractivity (Wildman–Crippen MR) is 107 cm³/mol. The van der Waals surface area contributed by atoms with Crippen LogP contribution < -0.4 is 9.80 Å². The molecule has 0 radical (unpaired) electrons. The molecule has 2 N–H and O–H groups in total. The van der Waals surface area contributed by atoms with E-state index < -0.39 is 0 Å². The van der Waals surface area contributed by atoms with Crippen LogP contribution in [0.1, 0.15) is 20.3 Å². The maximum absolute atomic E-state index is 10.4. The second kappa shape index (κ2) is 8.70. The van der Waals surface area contributed by atoms with Crippen molar-refractivity contribution in [1.82, 2.24) is 0 Å². The molecule has 0 aromatic heterocycles. The molecule has 0 aliphatic heterocycles. The van der Waals surface area contributed by atoms with Gasteiger partial charge < -0.3 is 14.7 Å². The van der Waals surface area contributed by atoms with Crippen molar-refractivity contribution in [2.45, 2.75) is 26.4 Å². The molecular weight excluding hydrogens is 344 g/mol. The Morgan fingerprint density at radius 3 is 2.04 bits per heavy atom. The van der Waals surface area contributed by atoms with Crippen molar-refractivity contribution < 1.29 is 19.9 Å². The van der Waals surface area contributed by atoms with Crippen molar-refractivity contribution in [3.8, 4) is 5.75 Å². The lowest BCUT2D eigenvalue weighted by molar-refractivity contribution is 0.0263. The average molecular weight is 368 g/mol. The van der Waals surface area contributed by atoms with Crippen LogP contribution in [0.3, 0.4) is 0 Å². The first-order chi connectivity index (χ1) is 13.2. The Hall–Kier alpha value is -2.83. The van der Waals surface area contributed by atoms with E-state index in [1.54, 1.807) is 0 Å².